The van der Waals surface area contributed by atoms with Crippen LogP contribution in [0.15, 0.2) is 0 Å². The molecule has 1 atom stereocenters. The van der Waals surface area contributed by atoms with Gasteiger partial charge in [-0.3, -0.25) is 8.75 Å². The van der Waals surface area contributed by atoms with Crippen LogP contribution in [-0.4, -0.2) is 52.6 Å². The molecule has 0 aliphatic rings. The second kappa shape index (κ2) is 9.17. The molecule has 0 spiro atoms. The lowest BCUT2D eigenvalue weighted by molar-refractivity contribution is 0.0149. The lowest BCUT2D eigenvalue weighted by Crippen LogP contribution is -2.25. The van der Waals surface area contributed by atoms with Gasteiger partial charge in [-0.25, -0.2) is 4.39 Å². The van der Waals surface area contributed by atoms with E-state index < -0.39 is 43.4 Å². The Balaban J connectivity index is 4.59. The Bertz CT molecular complexity index is 424. The summed E-state index contributed by atoms with van der Waals surface area (Å²) in [6.07, 6.45) is -1.54. The number of hydrogen-bond acceptors (Lipinski definition) is 7. The molecule has 0 aromatic heterocycles. The minimum Gasteiger partial charge on any atom is -0.360 e. The first-order chi connectivity index (χ1) is 9.47. The number of rotatable bonds is 11. The zero-order valence-corrected chi connectivity index (χ0v) is 14.7. The van der Waals surface area contributed by atoms with Crippen molar-refractivity contribution in [3.05, 3.63) is 0 Å². The summed E-state index contributed by atoms with van der Waals surface area (Å²) in [5, 5.41) is 0. The van der Waals surface area contributed by atoms with Gasteiger partial charge >= 0.3 is 7.60 Å². The summed E-state index contributed by atoms with van der Waals surface area (Å²) in [5.74, 6) is 0. The van der Waals surface area contributed by atoms with E-state index in [1.54, 1.807) is 27.7 Å². The Hall–Kier alpha value is -0.0500. The quantitative estimate of drug-likeness (QED) is 0.417. The summed E-state index contributed by atoms with van der Waals surface area (Å²) in [7, 11) is -7.26. The molecule has 0 saturated carbocycles. The molecule has 0 aromatic rings. The largest absolute Gasteiger partial charge is 0.360 e. The van der Waals surface area contributed by atoms with Crippen LogP contribution in [0.1, 0.15) is 27.7 Å². The van der Waals surface area contributed by atoms with Gasteiger partial charge in [-0.15, -0.1) is 0 Å². The lowest BCUT2D eigenvalue weighted by atomic mass is 10.4. The van der Waals surface area contributed by atoms with Crippen molar-refractivity contribution in [2.45, 2.75) is 46.0 Å². The van der Waals surface area contributed by atoms with Crippen LogP contribution in [0.4, 0.5) is 4.39 Å². The van der Waals surface area contributed by atoms with E-state index in [0.29, 0.717) is 0 Å². The normalized spacial score (nSPS) is 14.9. The number of ether oxygens (including phenoxy) is 1. The van der Waals surface area contributed by atoms with Gasteiger partial charge < -0.3 is 13.8 Å². The Morgan fingerprint density at radius 3 is 1.90 bits per heavy atom. The third kappa shape index (κ3) is 11.2. The van der Waals surface area contributed by atoms with E-state index in [4.69, 9.17) is 13.8 Å². The fourth-order valence-corrected chi connectivity index (χ4v) is 3.51. The Labute approximate surface area is 125 Å². The van der Waals surface area contributed by atoms with E-state index in [1.807, 2.05) is 0 Å². The molecular formula is C11H24FO7PS. The molecular weight excluding hydrogens is 326 g/mol. The summed E-state index contributed by atoms with van der Waals surface area (Å²) >= 11 is 0. The minimum absolute atomic E-state index is 0.366. The Kier molecular flexibility index (Phi) is 9.15. The van der Waals surface area contributed by atoms with Gasteiger partial charge in [0, 0.05) is 0 Å². The van der Waals surface area contributed by atoms with Crippen molar-refractivity contribution in [2.24, 2.45) is 0 Å². The van der Waals surface area contributed by atoms with Gasteiger partial charge in [0.2, 0.25) is 0 Å². The Morgan fingerprint density at radius 2 is 1.57 bits per heavy atom. The molecule has 0 radical (unpaired) electrons. The van der Waals surface area contributed by atoms with Crippen molar-refractivity contribution in [1.29, 1.82) is 0 Å². The summed E-state index contributed by atoms with van der Waals surface area (Å²) in [5.41, 5.74) is 0. The van der Waals surface area contributed by atoms with E-state index in [2.05, 4.69) is 4.18 Å². The van der Waals surface area contributed by atoms with Crippen molar-refractivity contribution in [3.8, 4) is 0 Å². The highest BCUT2D eigenvalue weighted by Crippen LogP contribution is 2.50. The molecule has 0 aliphatic heterocycles. The lowest BCUT2D eigenvalue weighted by Gasteiger charge is -2.24. The monoisotopic (exact) mass is 350 g/mol. The third-order valence-electron chi connectivity index (χ3n) is 1.85. The molecule has 10 heteroatoms. The smallest absolute Gasteiger partial charge is 0.356 e. The average Bonchev–Trinajstić information content (AvgIpc) is 2.25. The maximum Gasteiger partial charge on any atom is 0.356 e. The van der Waals surface area contributed by atoms with Crippen LogP contribution in [0.3, 0.4) is 0 Å². The molecule has 0 aliphatic carbocycles. The molecule has 0 rings (SSSR count). The predicted octanol–water partition coefficient (Wildman–Crippen LogP) is 2.32. The fraction of sp³-hybridized carbons (Fsp3) is 1.00. The standard InChI is InChI=1S/C11H24FO7PS/c1-9(2)18-20(13,19-10(3)4)8-16-11(6-12)7-17-21(5,14)15/h9-11H,6-8H2,1-5H3/t11-/m0/s1. The Morgan fingerprint density at radius 1 is 1.10 bits per heavy atom. The maximum absolute atomic E-state index is 12.8. The zero-order valence-electron chi connectivity index (χ0n) is 12.9. The highest BCUT2D eigenvalue weighted by Gasteiger charge is 2.30. The van der Waals surface area contributed by atoms with Crippen molar-refractivity contribution >= 4 is 17.7 Å². The first-order valence-corrected chi connectivity index (χ1v) is 9.99. The van der Waals surface area contributed by atoms with E-state index in [0.717, 1.165) is 6.26 Å². The molecule has 0 fully saturated rings. The third-order valence-corrected chi connectivity index (χ3v) is 4.37. The minimum atomic E-state index is -3.70. The fourth-order valence-electron chi connectivity index (χ4n) is 1.26. The highest BCUT2D eigenvalue weighted by atomic mass is 32.2. The van der Waals surface area contributed by atoms with E-state index in [1.165, 1.54) is 0 Å². The van der Waals surface area contributed by atoms with Gasteiger partial charge in [0.05, 0.1) is 25.1 Å². The van der Waals surface area contributed by atoms with Crippen molar-refractivity contribution < 1.29 is 35.3 Å². The number of hydrogen-bond donors (Lipinski definition) is 0. The maximum atomic E-state index is 12.8. The highest BCUT2D eigenvalue weighted by molar-refractivity contribution is 7.85. The van der Waals surface area contributed by atoms with Gasteiger partial charge in [-0.05, 0) is 27.7 Å². The van der Waals surface area contributed by atoms with Crippen molar-refractivity contribution in [1.82, 2.24) is 0 Å². The SMILES string of the molecule is CC(C)OP(=O)(CO[C@@H](CF)COS(C)(=O)=O)OC(C)C. The van der Waals surface area contributed by atoms with Crippen LogP contribution < -0.4 is 0 Å². The molecule has 0 unspecified atom stereocenters. The molecule has 0 aromatic carbocycles. The summed E-state index contributed by atoms with van der Waals surface area (Å²) in [6.45, 7) is 5.22. The van der Waals surface area contributed by atoms with Gasteiger partial charge in [-0.1, -0.05) is 0 Å². The van der Waals surface area contributed by atoms with Gasteiger partial charge in [0.15, 0.2) is 0 Å². The van der Waals surface area contributed by atoms with E-state index >= 15 is 0 Å². The van der Waals surface area contributed by atoms with Crippen molar-refractivity contribution in [3.63, 3.8) is 0 Å². The summed E-state index contributed by atoms with van der Waals surface area (Å²) < 4.78 is 66.8. The van der Waals surface area contributed by atoms with Crippen LogP contribution in [0.2, 0.25) is 0 Å². The second-order valence-corrected chi connectivity index (χ2v) is 8.53. The molecule has 0 amide bonds. The van der Waals surface area contributed by atoms with E-state index in [-0.39, 0.29) is 12.2 Å². The first-order valence-electron chi connectivity index (χ1n) is 6.45. The molecule has 128 valence electrons. The molecule has 0 N–H and O–H groups in total. The first kappa shape index (κ1) is 20.9. The van der Waals surface area contributed by atoms with Crippen LogP contribution in [0.25, 0.3) is 0 Å². The van der Waals surface area contributed by atoms with Gasteiger partial charge in [0.25, 0.3) is 10.1 Å². The average molecular weight is 350 g/mol. The van der Waals surface area contributed by atoms with E-state index in [9.17, 15) is 17.4 Å². The molecule has 7 nitrogen and oxygen atoms in total. The van der Waals surface area contributed by atoms with Crippen LogP contribution in [0.5, 0.6) is 0 Å². The van der Waals surface area contributed by atoms with Gasteiger partial charge in [0.1, 0.15) is 19.1 Å². The summed E-state index contributed by atoms with van der Waals surface area (Å²) in [6, 6.07) is 0. The molecule has 0 bridgehead atoms. The van der Waals surface area contributed by atoms with Crippen molar-refractivity contribution in [2.75, 3.05) is 25.9 Å². The number of alkyl halides is 1. The predicted molar refractivity (Wildman–Crippen MR) is 76.6 cm³/mol. The van der Waals surface area contributed by atoms with Gasteiger partial charge in [-0.2, -0.15) is 8.42 Å². The molecule has 0 saturated heterocycles. The zero-order chi connectivity index (χ0) is 16.7. The summed E-state index contributed by atoms with van der Waals surface area (Å²) in [4.78, 5) is 0. The number of halogens is 1. The molecule has 21 heavy (non-hydrogen) atoms. The van der Waals surface area contributed by atoms with Crippen LogP contribution >= 0.6 is 7.60 Å². The van der Waals surface area contributed by atoms with Crippen LogP contribution in [-0.2, 0) is 32.7 Å². The molecule has 0 heterocycles. The second-order valence-electron chi connectivity index (χ2n) is 4.98. The van der Waals surface area contributed by atoms with Crippen LogP contribution in [0, 0.1) is 0 Å². The topological polar surface area (TPSA) is 88.1 Å².